The third kappa shape index (κ3) is 4.44. The van der Waals surface area contributed by atoms with E-state index in [-0.39, 0.29) is 6.54 Å². The monoisotopic (exact) mass is 433 g/mol. The van der Waals surface area contributed by atoms with E-state index in [1.165, 1.54) is 11.3 Å². The summed E-state index contributed by atoms with van der Waals surface area (Å²) < 4.78 is 79.9. The summed E-state index contributed by atoms with van der Waals surface area (Å²) in [5.41, 5.74) is -2.93. The molecule has 0 atom stereocenters. The minimum atomic E-state index is -5.02. The van der Waals surface area contributed by atoms with E-state index >= 15 is 0 Å². The van der Waals surface area contributed by atoms with Crippen LogP contribution in [0.1, 0.15) is 32.1 Å². The van der Waals surface area contributed by atoms with Crippen molar-refractivity contribution in [1.29, 1.82) is 0 Å². The Hall–Kier alpha value is -2.82. The predicted octanol–water partition coefficient (Wildman–Crippen LogP) is 5.21. The highest BCUT2D eigenvalue weighted by molar-refractivity contribution is 7.10. The number of alkyl halides is 6. The van der Waals surface area contributed by atoms with Crippen LogP contribution in [0, 0.1) is 6.92 Å². The summed E-state index contributed by atoms with van der Waals surface area (Å²) in [6.45, 7) is 1.82. The maximum absolute atomic E-state index is 13.6. The van der Waals surface area contributed by atoms with Crippen molar-refractivity contribution < 1.29 is 31.1 Å². The molecule has 0 saturated heterocycles. The van der Waals surface area contributed by atoms with Crippen LogP contribution in [0.15, 0.2) is 41.9 Å². The minimum absolute atomic E-state index is 0.0222. The molecule has 0 fully saturated rings. The van der Waals surface area contributed by atoms with Crippen LogP contribution in [0.2, 0.25) is 0 Å². The van der Waals surface area contributed by atoms with Crippen molar-refractivity contribution in [2.45, 2.75) is 25.8 Å². The molecule has 1 N–H and O–H groups in total. The van der Waals surface area contributed by atoms with Crippen LogP contribution in [-0.4, -0.2) is 15.7 Å². The number of aromatic nitrogens is 2. The van der Waals surface area contributed by atoms with Crippen molar-refractivity contribution >= 4 is 17.2 Å². The Balaban J connectivity index is 1.98. The number of hydrogen-bond acceptors (Lipinski definition) is 3. The molecule has 1 aromatic carbocycles. The van der Waals surface area contributed by atoms with Crippen molar-refractivity contribution in [3.63, 3.8) is 0 Å². The second-order valence-electron chi connectivity index (χ2n) is 6.07. The number of carbonyl (C=O) groups excluding carboxylic acids is 1. The van der Waals surface area contributed by atoms with Gasteiger partial charge in [0.25, 0.3) is 5.91 Å². The smallest absolute Gasteiger partial charge is 0.347 e. The van der Waals surface area contributed by atoms with Gasteiger partial charge in [0, 0.05) is 4.88 Å². The fourth-order valence-electron chi connectivity index (χ4n) is 2.64. The molecule has 0 aliphatic rings. The van der Waals surface area contributed by atoms with E-state index < -0.39 is 40.8 Å². The Morgan fingerprint density at radius 1 is 1.14 bits per heavy atom. The highest BCUT2D eigenvalue weighted by atomic mass is 32.1. The molecule has 11 heteroatoms. The molecule has 29 heavy (non-hydrogen) atoms. The van der Waals surface area contributed by atoms with Crippen LogP contribution >= 0.6 is 11.3 Å². The molecule has 0 aliphatic heterocycles. The van der Waals surface area contributed by atoms with E-state index in [2.05, 4.69) is 10.4 Å². The lowest BCUT2D eigenvalue weighted by Gasteiger charge is -2.14. The first kappa shape index (κ1) is 20.9. The number of halogens is 6. The first-order valence-corrected chi connectivity index (χ1v) is 9.00. The zero-order valence-corrected chi connectivity index (χ0v) is 15.5. The van der Waals surface area contributed by atoms with Gasteiger partial charge in [-0.05, 0) is 42.1 Å². The van der Waals surface area contributed by atoms with Crippen LogP contribution in [0.25, 0.3) is 5.69 Å². The molecule has 3 aromatic rings. The lowest BCUT2D eigenvalue weighted by atomic mass is 10.1. The predicted molar refractivity (Wildman–Crippen MR) is 93.8 cm³/mol. The Morgan fingerprint density at radius 2 is 1.86 bits per heavy atom. The number of rotatable bonds is 4. The molecule has 0 unspecified atom stereocenters. The van der Waals surface area contributed by atoms with Gasteiger partial charge in [-0.25, -0.2) is 4.68 Å². The van der Waals surface area contributed by atoms with Gasteiger partial charge in [-0.2, -0.15) is 31.4 Å². The second kappa shape index (κ2) is 7.54. The van der Waals surface area contributed by atoms with Gasteiger partial charge in [0.15, 0.2) is 5.69 Å². The SMILES string of the molecule is Cc1ccsc1CNC(=O)c1cnn(-c2cccc(C(F)(F)F)c2)c1C(F)(F)F. The molecular formula is C18H13F6N3OS. The lowest BCUT2D eigenvalue weighted by Crippen LogP contribution is -2.26. The number of aryl methyl sites for hydroxylation is 1. The third-order valence-electron chi connectivity index (χ3n) is 4.08. The van der Waals surface area contributed by atoms with E-state index in [1.54, 1.807) is 18.4 Å². The summed E-state index contributed by atoms with van der Waals surface area (Å²) in [7, 11) is 0. The summed E-state index contributed by atoms with van der Waals surface area (Å²) in [5, 5.41) is 7.71. The van der Waals surface area contributed by atoms with Crippen molar-refractivity contribution in [3.8, 4) is 5.69 Å². The maximum Gasteiger partial charge on any atom is 0.434 e. The van der Waals surface area contributed by atoms with E-state index in [0.29, 0.717) is 16.9 Å². The Bertz CT molecular complexity index is 1030. The number of carbonyl (C=O) groups is 1. The van der Waals surface area contributed by atoms with Crippen LogP contribution in [0.5, 0.6) is 0 Å². The molecule has 0 saturated carbocycles. The fourth-order valence-corrected chi connectivity index (χ4v) is 3.48. The van der Waals surface area contributed by atoms with Crippen molar-refractivity contribution in [1.82, 2.24) is 15.1 Å². The van der Waals surface area contributed by atoms with E-state index in [9.17, 15) is 31.1 Å². The van der Waals surface area contributed by atoms with Crippen LogP contribution in [0.3, 0.4) is 0 Å². The summed E-state index contributed by atoms with van der Waals surface area (Å²) in [6.07, 6.45) is -9.06. The third-order valence-corrected chi connectivity index (χ3v) is 5.10. The molecule has 2 heterocycles. The number of amides is 1. The molecule has 1 amide bonds. The zero-order chi connectivity index (χ0) is 21.4. The normalized spacial score (nSPS) is 12.2. The highest BCUT2D eigenvalue weighted by Gasteiger charge is 2.41. The largest absolute Gasteiger partial charge is 0.434 e. The first-order chi connectivity index (χ1) is 13.5. The highest BCUT2D eigenvalue weighted by Crippen LogP contribution is 2.35. The summed E-state index contributed by atoms with van der Waals surface area (Å²) in [5.74, 6) is -1.02. The Morgan fingerprint density at radius 3 is 2.45 bits per heavy atom. The molecule has 2 aromatic heterocycles. The molecule has 0 radical (unpaired) electrons. The first-order valence-electron chi connectivity index (χ1n) is 8.12. The molecule has 4 nitrogen and oxygen atoms in total. The number of thiophene rings is 1. The van der Waals surface area contributed by atoms with E-state index in [1.807, 2.05) is 0 Å². The van der Waals surface area contributed by atoms with Gasteiger partial charge < -0.3 is 5.32 Å². The van der Waals surface area contributed by atoms with Gasteiger partial charge in [0.2, 0.25) is 0 Å². The number of benzene rings is 1. The lowest BCUT2D eigenvalue weighted by molar-refractivity contribution is -0.143. The molecule has 0 aliphatic carbocycles. The van der Waals surface area contributed by atoms with Gasteiger partial charge in [0.05, 0.1) is 29.6 Å². The van der Waals surface area contributed by atoms with Gasteiger partial charge in [-0.1, -0.05) is 6.07 Å². The average molecular weight is 433 g/mol. The Labute approximate surface area is 164 Å². The Kier molecular flexibility index (Phi) is 5.44. The van der Waals surface area contributed by atoms with Gasteiger partial charge >= 0.3 is 12.4 Å². The van der Waals surface area contributed by atoms with Crippen LogP contribution in [0.4, 0.5) is 26.3 Å². The van der Waals surface area contributed by atoms with Gasteiger partial charge in [0.1, 0.15) is 0 Å². The topological polar surface area (TPSA) is 46.9 Å². The summed E-state index contributed by atoms with van der Waals surface area (Å²) in [6, 6.07) is 5.10. The summed E-state index contributed by atoms with van der Waals surface area (Å²) in [4.78, 5) is 13.1. The molecule has 0 spiro atoms. The quantitative estimate of drug-likeness (QED) is 0.575. The number of hydrogen-bond donors (Lipinski definition) is 1. The van der Waals surface area contributed by atoms with Crippen LogP contribution in [-0.2, 0) is 18.9 Å². The summed E-state index contributed by atoms with van der Waals surface area (Å²) >= 11 is 1.34. The standard InChI is InChI=1S/C18H13F6N3OS/c1-10-5-6-29-14(10)9-25-16(28)13-8-26-27(15(13)18(22,23)24)12-4-2-3-11(7-12)17(19,20)21/h2-8H,9H2,1H3,(H,25,28). The van der Waals surface area contributed by atoms with Gasteiger partial charge in [-0.3, -0.25) is 4.79 Å². The van der Waals surface area contributed by atoms with Crippen molar-refractivity contribution in [2.75, 3.05) is 0 Å². The van der Waals surface area contributed by atoms with Crippen molar-refractivity contribution in [2.24, 2.45) is 0 Å². The van der Waals surface area contributed by atoms with Gasteiger partial charge in [-0.15, -0.1) is 11.3 Å². The second-order valence-corrected chi connectivity index (χ2v) is 7.07. The average Bonchev–Trinajstić information content (AvgIpc) is 3.25. The minimum Gasteiger partial charge on any atom is -0.347 e. The van der Waals surface area contributed by atoms with E-state index in [0.717, 1.165) is 28.6 Å². The molecule has 0 bridgehead atoms. The molecule has 3 rings (SSSR count). The van der Waals surface area contributed by atoms with Crippen LogP contribution < -0.4 is 5.32 Å². The fraction of sp³-hybridized carbons (Fsp3) is 0.222. The zero-order valence-electron chi connectivity index (χ0n) is 14.7. The molecular weight excluding hydrogens is 420 g/mol. The van der Waals surface area contributed by atoms with Crippen molar-refractivity contribution in [3.05, 3.63) is 69.2 Å². The number of nitrogens with zero attached hydrogens (tertiary/aromatic N) is 2. The number of nitrogens with one attached hydrogen (secondary N) is 1. The maximum atomic E-state index is 13.6. The van der Waals surface area contributed by atoms with E-state index in [4.69, 9.17) is 0 Å². The molecule has 154 valence electrons.